The van der Waals surface area contributed by atoms with Crippen LogP contribution in [0.4, 0.5) is 0 Å². The van der Waals surface area contributed by atoms with Crippen LogP contribution in [-0.2, 0) is 15.9 Å². The van der Waals surface area contributed by atoms with Crippen molar-refractivity contribution in [3.8, 4) is 0 Å². The zero-order valence-electron chi connectivity index (χ0n) is 12.8. The van der Waals surface area contributed by atoms with Crippen LogP contribution >= 0.6 is 0 Å². The third-order valence-corrected chi connectivity index (χ3v) is 3.86. The number of hydrogen-bond acceptors (Lipinski definition) is 4. The summed E-state index contributed by atoms with van der Waals surface area (Å²) in [6.45, 7) is 2.18. The maximum absolute atomic E-state index is 8.74. The number of rotatable bonds is 1. The fourth-order valence-corrected chi connectivity index (χ4v) is 2.78. The highest BCUT2D eigenvalue weighted by Gasteiger charge is 2.28. The number of aliphatic imine (C=N–C) groups is 1. The Morgan fingerprint density at radius 1 is 1.13 bits per heavy atom. The van der Waals surface area contributed by atoms with Crippen LogP contribution in [0.15, 0.2) is 47.5 Å². The average molecular weight is 336 g/mol. The third-order valence-electron chi connectivity index (χ3n) is 3.86. The average Bonchev–Trinajstić information content (AvgIpc) is 2.45. The van der Waals surface area contributed by atoms with Gasteiger partial charge in [0.15, 0.2) is 0 Å². The molecule has 0 radical (unpaired) electrons. The third kappa shape index (κ3) is 5.02. The summed E-state index contributed by atoms with van der Waals surface area (Å²) in [5, 5.41) is 2.55. The van der Waals surface area contributed by atoms with E-state index >= 15 is 0 Å². The molecule has 0 bridgehead atoms. The number of fused-ring (bicyclic) bond motifs is 1. The predicted octanol–water partition coefficient (Wildman–Crippen LogP) is 2.94. The second kappa shape index (κ2) is 6.66. The SMILES string of the molecule is CC1(c2ccc3ccccc3c2)CCCC(N)=N1.O=S(=O)(O)O. The Morgan fingerprint density at radius 3 is 2.35 bits per heavy atom. The summed E-state index contributed by atoms with van der Waals surface area (Å²) in [4.78, 5) is 4.69. The molecule has 1 heterocycles. The molecule has 1 unspecified atom stereocenters. The zero-order valence-corrected chi connectivity index (χ0v) is 13.6. The van der Waals surface area contributed by atoms with Crippen LogP contribution in [0.1, 0.15) is 31.7 Å². The largest absolute Gasteiger partial charge is 0.394 e. The molecule has 0 saturated carbocycles. The van der Waals surface area contributed by atoms with Gasteiger partial charge in [0, 0.05) is 6.42 Å². The first-order chi connectivity index (χ1) is 10.7. The lowest BCUT2D eigenvalue weighted by molar-refractivity contribution is 0.381. The molecule has 1 aliphatic rings. The summed E-state index contributed by atoms with van der Waals surface area (Å²) in [5.74, 6) is 0.789. The Hall–Kier alpha value is -1.96. The van der Waals surface area contributed by atoms with Gasteiger partial charge in [-0.05, 0) is 42.2 Å². The molecule has 0 fully saturated rings. The maximum atomic E-state index is 8.74. The van der Waals surface area contributed by atoms with Gasteiger partial charge in [0.05, 0.1) is 11.4 Å². The molecule has 4 N–H and O–H groups in total. The van der Waals surface area contributed by atoms with Crippen molar-refractivity contribution in [2.24, 2.45) is 10.7 Å². The van der Waals surface area contributed by atoms with Crippen molar-refractivity contribution in [2.45, 2.75) is 31.7 Å². The van der Waals surface area contributed by atoms with Crippen molar-refractivity contribution in [2.75, 3.05) is 0 Å². The molecule has 0 aromatic heterocycles. The summed E-state index contributed by atoms with van der Waals surface area (Å²) in [6.07, 6.45) is 3.13. The van der Waals surface area contributed by atoms with Crippen LogP contribution in [0, 0.1) is 0 Å². The second-order valence-electron chi connectivity index (χ2n) is 5.74. The molecule has 6 nitrogen and oxygen atoms in total. The molecular weight excluding hydrogens is 316 g/mol. The smallest absolute Gasteiger partial charge is 0.387 e. The van der Waals surface area contributed by atoms with Crippen molar-refractivity contribution in [3.05, 3.63) is 48.0 Å². The van der Waals surface area contributed by atoms with Gasteiger partial charge in [0.2, 0.25) is 0 Å². The Kier molecular flexibility index (Phi) is 5.03. The fraction of sp³-hybridized carbons (Fsp3) is 0.312. The number of nitrogens with two attached hydrogens (primary N) is 1. The monoisotopic (exact) mass is 336 g/mol. The standard InChI is InChI=1S/C16H18N2.H2O4S/c1-16(10-4-7-15(17)18-16)14-9-8-12-5-2-3-6-13(12)11-14;1-5(2,3)4/h2-3,5-6,8-9,11H,4,7,10H2,1H3,(H2,17,18);(H2,1,2,3,4). The van der Waals surface area contributed by atoms with E-state index in [0.717, 1.165) is 25.1 Å². The normalized spacial score (nSPS) is 21.3. The van der Waals surface area contributed by atoms with Gasteiger partial charge in [-0.3, -0.25) is 14.1 Å². The van der Waals surface area contributed by atoms with Gasteiger partial charge in [-0.25, -0.2) is 0 Å². The Morgan fingerprint density at radius 2 is 1.74 bits per heavy atom. The lowest BCUT2D eigenvalue weighted by Gasteiger charge is -2.30. The second-order valence-corrected chi connectivity index (χ2v) is 6.64. The van der Waals surface area contributed by atoms with Gasteiger partial charge in [0.25, 0.3) is 0 Å². The van der Waals surface area contributed by atoms with Gasteiger partial charge < -0.3 is 5.73 Å². The van der Waals surface area contributed by atoms with Crippen LogP contribution in [0.5, 0.6) is 0 Å². The first-order valence-corrected chi connectivity index (χ1v) is 8.60. The topological polar surface area (TPSA) is 113 Å². The van der Waals surface area contributed by atoms with E-state index in [1.165, 1.54) is 16.3 Å². The number of amidine groups is 1. The minimum atomic E-state index is -4.67. The van der Waals surface area contributed by atoms with Crippen molar-refractivity contribution < 1.29 is 17.5 Å². The van der Waals surface area contributed by atoms with E-state index in [1.54, 1.807) is 0 Å². The summed E-state index contributed by atoms with van der Waals surface area (Å²) in [7, 11) is -4.67. The Labute approximate surface area is 135 Å². The molecule has 0 spiro atoms. The van der Waals surface area contributed by atoms with Crippen molar-refractivity contribution in [1.29, 1.82) is 0 Å². The van der Waals surface area contributed by atoms with E-state index in [9.17, 15) is 0 Å². The van der Waals surface area contributed by atoms with Gasteiger partial charge >= 0.3 is 10.4 Å². The highest BCUT2D eigenvalue weighted by atomic mass is 32.3. The zero-order chi connectivity index (χ0) is 17.1. The Balaban J connectivity index is 0.000000338. The minimum Gasteiger partial charge on any atom is -0.387 e. The van der Waals surface area contributed by atoms with Crippen LogP contribution < -0.4 is 5.73 Å². The fourth-order valence-electron chi connectivity index (χ4n) is 2.78. The van der Waals surface area contributed by atoms with Crippen LogP contribution in [0.25, 0.3) is 10.8 Å². The summed E-state index contributed by atoms with van der Waals surface area (Å²) in [6, 6.07) is 15.0. The molecule has 1 atom stereocenters. The Bertz CT molecular complexity index is 825. The molecular formula is C16H20N2O4S. The minimum absolute atomic E-state index is 0.146. The molecule has 0 aliphatic carbocycles. The van der Waals surface area contributed by atoms with E-state index < -0.39 is 10.4 Å². The predicted molar refractivity (Wildman–Crippen MR) is 91.0 cm³/mol. The van der Waals surface area contributed by atoms with Crippen LogP contribution in [0.3, 0.4) is 0 Å². The molecule has 2 aromatic rings. The van der Waals surface area contributed by atoms with Crippen molar-refractivity contribution in [3.63, 3.8) is 0 Å². The lowest BCUT2D eigenvalue weighted by Crippen LogP contribution is -2.29. The van der Waals surface area contributed by atoms with Crippen molar-refractivity contribution >= 4 is 27.0 Å². The molecule has 3 rings (SSSR count). The number of nitrogens with zero attached hydrogens (tertiary/aromatic N) is 1. The van der Waals surface area contributed by atoms with Gasteiger partial charge in [-0.2, -0.15) is 8.42 Å². The highest BCUT2D eigenvalue weighted by molar-refractivity contribution is 7.79. The lowest BCUT2D eigenvalue weighted by atomic mass is 9.84. The molecule has 124 valence electrons. The highest BCUT2D eigenvalue weighted by Crippen LogP contribution is 2.35. The number of hydrogen-bond donors (Lipinski definition) is 3. The van der Waals surface area contributed by atoms with E-state index in [4.69, 9.17) is 23.3 Å². The molecule has 7 heteroatoms. The van der Waals surface area contributed by atoms with Crippen LogP contribution in [0.2, 0.25) is 0 Å². The maximum Gasteiger partial charge on any atom is 0.394 e. The molecule has 0 amide bonds. The van der Waals surface area contributed by atoms with Crippen molar-refractivity contribution in [1.82, 2.24) is 0 Å². The van der Waals surface area contributed by atoms with Crippen LogP contribution in [-0.4, -0.2) is 23.4 Å². The van der Waals surface area contributed by atoms with E-state index in [1.807, 2.05) is 0 Å². The molecule has 2 aromatic carbocycles. The van der Waals surface area contributed by atoms with E-state index in [2.05, 4.69) is 54.4 Å². The number of benzene rings is 2. The summed E-state index contributed by atoms with van der Waals surface area (Å²) < 4.78 is 31.6. The van der Waals surface area contributed by atoms with Gasteiger partial charge in [-0.15, -0.1) is 0 Å². The van der Waals surface area contributed by atoms with E-state index in [-0.39, 0.29) is 5.54 Å². The summed E-state index contributed by atoms with van der Waals surface area (Å²) in [5.41, 5.74) is 7.03. The first kappa shape index (κ1) is 17.4. The molecule has 0 saturated heterocycles. The van der Waals surface area contributed by atoms with E-state index in [0.29, 0.717) is 0 Å². The molecule has 1 aliphatic heterocycles. The summed E-state index contributed by atoms with van der Waals surface area (Å²) >= 11 is 0. The first-order valence-electron chi connectivity index (χ1n) is 7.21. The molecule has 23 heavy (non-hydrogen) atoms. The van der Waals surface area contributed by atoms with Gasteiger partial charge in [0.1, 0.15) is 0 Å². The quantitative estimate of drug-likeness (QED) is 0.693. The van der Waals surface area contributed by atoms with Gasteiger partial charge in [-0.1, -0.05) is 36.4 Å².